The van der Waals surface area contributed by atoms with Crippen molar-refractivity contribution in [2.45, 2.75) is 32.5 Å². The molecule has 0 radical (unpaired) electrons. The van der Waals surface area contributed by atoms with Gasteiger partial charge in [-0.1, -0.05) is 0 Å². The first-order chi connectivity index (χ1) is 10.6. The molecule has 3 N–H and O–H groups in total. The molecule has 0 aromatic heterocycles. The second-order valence-corrected chi connectivity index (χ2v) is 6.37. The fourth-order valence-electron chi connectivity index (χ4n) is 2.46. The average molecular weight is 337 g/mol. The molecule has 1 saturated heterocycles. The number of hydrogen-bond acceptors (Lipinski definition) is 3. The van der Waals surface area contributed by atoms with E-state index in [0.29, 0.717) is 32.0 Å². The summed E-state index contributed by atoms with van der Waals surface area (Å²) in [4.78, 5) is 17.2. The smallest absolute Gasteiger partial charge is 0.359 e. The second kappa shape index (κ2) is 7.85. The Balaban J connectivity index is 2.45. The van der Waals surface area contributed by atoms with Gasteiger partial charge < -0.3 is 16.0 Å². The van der Waals surface area contributed by atoms with Gasteiger partial charge in [0.1, 0.15) is 0 Å². The molecule has 1 amide bonds. The van der Waals surface area contributed by atoms with E-state index in [2.05, 4.69) is 20.9 Å². The third kappa shape index (κ3) is 6.64. The molecule has 0 aromatic rings. The molecule has 134 valence electrons. The zero-order chi connectivity index (χ0) is 17.7. The van der Waals surface area contributed by atoms with Gasteiger partial charge in [0, 0.05) is 39.8 Å². The molecule has 0 aromatic carbocycles. The number of carbonyl (C=O) groups excluding carboxylic acids is 1. The number of nitrogens with one attached hydrogen (secondary N) is 3. The van der Waals surface area contributed by atoms with E-state index in [1.54, 1.807) is 27.9 Å². The quantitative estimate of drug-likeness (QED) is 0.507. The van der Waals surface area contributed by atoms with Crippen molar-refractivity contribution < 1.29 is 18.0 Å². The molecule has 1 aliphatic rings. The number of amides is 1. The fourth-order valence-corrected chi connectivity index (χ4v) is 2.46. The maximum absolute atomic E-state index is 12.4. The Morgan fingerprint density at radius 2 is 2.00 bits per heavy atom. The summed E-state index contributed by atoms with van der Waals surface area (Å²) in [6, 6.07) is -0.0911. The molecule has 23 heavy (non-hydrogen) atoms. The largest absolute Gasteiger partial charge is 0.401 e. The van der Waals surface area contributed by atoms with Gasteiger partial charge in [0.05, 0.1) is 12.0 Å². The van der Waals surface area contributed by atoms with E-state index in [4.69, 9.17) is 0 Å². The lowest BCUT2D eigenvalue weighted by Gasteiger charge is -2.25. The van der Waals surface area contributed by atoms with Gasteiger partial charge in [0.25, 0.3) is 0 Å². The summed E-state index contributed by atoms with van der Waals surface area (Å²) in [6.07, 6.45) is -3.55. The van der Waals surface area contributed by atoms with Crippen molar-refractivity contribution in [2.75, 3.05) is 40.3 Å². The predicted octanol–water partition coefficient (Wildman–Crippen LogP) is 0.560. The van der Waals surface area contributed by atoms with Gasteiger partial charge in [-0.2, -0.15) is 13.2 Å². The third-order valence-corrected chi connectivity index (χ3v) is 3.78. The topological polar surface area (TPSA) is 68.8 Å². The molecule has 1 unspecified atom stereocenters. The summed E-state index contributed by atoms with van der Waals surface area (Å²) >= 11 is 0. The maximum Gasteiger partial charge on any atom is 0.401 e. The molecule has 1 rings (SSSR count). The zero-order valence-corrected chi connectivity index (χ0v) is 14.0. The Labute approximate surface area is 134 Å². The van der Waals surface area contributed by atoms with Crippen molar-refractivity contribution in [3.05, 3.63) is 0 Å². The molecule has 1 aliphatic heterocycles. The van der Waals surface area contributed by atoms with Crippen LogP contribution >= 0.6 is 0 Å². The van der Waals surface area contributed by atoms with E-state index in [1.807, 2.05) is 0 Å². The minimum absolute atomic E-state index is 0.0911. The molecule has 6 nitrogen and oxygen atoms in total. The summed E-state index contributed by atoms with van der Waals surface area (Å²) in [6.45, 7) is 3.79. The van der Waals surface area contributed by atoms with Gasteiger partial charge >= 0.3 is 6.18 Å². The highest BCUT2D eigenvalue weighted by atomic mass is 19.4. The first kappa shape index (κ1) is 19.5. The Bertz CT molecular complexity index is 437. The number of aliphatic imine (C=N–C) groups is 1. The van der Waals surface area contributed by atoms with Crippen LogP contribution in [0.2, 0.25) is 0 Å². The number of hydrogen-bond donors (Lipinski definition) is 3. The van der Waals surface area contributed by atoms with Gasteiger partial charge in [0.2, 0.25) is 5.91 Å². The fraction of sp³-hybridized carbons (Fsp3) is 0.857. The van der Waals surface area contributed by atoms with Crippen LogP contribution in [-0.2, 0) is 4.79 Å². The van der Waals surface area contributed by atoms with Crippen molar-refractivity contribution in [3.8, 4) is 0 Å². The van der Waals surface area contributed by atoms with E-state index in [0.717, 1.165) is 0 Å². The summed E-state index contributed by atoms with van der Waals surface area (Å²) in [5.41, 5.74) is -0.621. The maximum atomic E-state index is 12.4. The van der Waals surface area contributed by atoms with Gasteiger partial charge in [0.15, 0.2) is 5.96 Å². The van der Waals surface area contributed by atoms with Gasteiger partial charge in [-0.05, 0) is 20.3 Å². The number of rotatable bonds is 5. The highest BCUT2D eigenvalue weighted by Crippen LogP contribution is 2.20. The summed E-state index contributed by atoms with van der Waals surface area (Å²) < 4.78 is 37.2. The molecular weight excluding hydrogens is 311 g/mol. The van der Waals surface area contributed by atoms with Gasteiger partial charge in [-0.25, -0.2) is 0 Å². The van der Waals surface area contributed by atoms with Crippen molar-refractivity contribution in [1.29, 1.82) is 0 Å². The number of alkyl halides is 3. The Morgan fingerprint density at radius 3 is 2.52 bits per heavy atom. The first-order valence-corrected chi connectivity index (χ1v) is 7.56. The summed E-state index contributed by atoms with van der Waals surface area (Å²) in [5, 5.41) is 8.76. The van der Waals surface area contributed by atoms with E-state index < -0.39 is 18.1 Å². The predicted molar refractivity (Wildman–Crippen MR) is 83.2 cm³/mol. The standard InChI is InChI=1S/C14H26F3N5O/c1-13(2,11(23)18-3)8-20-12(19-4)21-10-5-6-22(7-10)9-14(15,16)17/h10H,5-9H2,1-4H3,(H,18,23)(H2,19,20,21). The van der Waals surface area contributed by atoms with Crippen LogP contribution in [0.3, 0.4) is 0 Å². The molecule has 1 fully saturated rings. The number of guanidine groups is 1. The number of likely N-dealkylation sites (tertiary alicyclic amines) is 1. The minimum atomic E-state index is -4.17. The van der Waals surface area contributed by atoms with Crippen LogP contribution in [0.15, 0.2) is 4.99 Å². The first-order valence-electron chi connectivity index (χ1n) is 7.56. The van der Waals surface area contributed by atoms with Crippen LogP contribution in [0.25, 0.3) is 0 Å². The van der Waals surface area contributed by atoms with Crippen LogP contribution in [0.1, 0.15) is 20.3 Å². The van der Waals surface area contributed by atoms with Crippen molar-refractivity contribution >= 4 is 11.9 Å². The lowest BCUT2D eigenvalue weighted by molar-refractivity contribution is -0.143. The lowest BCUT2D eigenvalue weighted by atomic mass is 9.92. The molecule has 0 spiro atoms. The van der Waals surface area contributed by atoms with Crippen LogP contribution < -0.4 is 16.0 Å². The molecule has 0 saturated carbocycles. The minimum Gasteiger partial charge on any atom is -0.359 e. The molecule has 0 bridgehead atoms. The monoisotopic (exact) mass is 337 g/mol. The van der Waals surface area contributed by atoms with Gasteiger partial charge in [-0.3, -0.25) is 14.7 Å². The number of halogens is 3. The van der Waals surface area contributed by atoms with E-state index in [9.17, 15) is 18.0 Å². The third-order valence-electron chi connectivity index (χ3n) is 3.78. The molecular formula is C14H26F3N5O. The molecule has 1 atom stereocenters. The number of carbonyl (C=O) groups is 1. The highest BCUT2D eigenvalue weighted by Gasteiger charge is 2.34. The molecule has 0 aliphatic carbocycles. The van der Waals surface area contributed by atoms with Crippen molar-refractivity contribution in [2.24, 2.45) is 10.4 Å². The highest BCUT2D eigenvalue weighted by molar-refractivity contribution is 5.84. The van der Waals surface area contributed by atoms with Crippen LogP contribution in [-0.4, -0.2) is 69.3 Å². The van der Waals surface area contributed by atoms with E-state index in [-0.39, 0.29) is 11.9 Å². The second-order valence-electron chi connectivity index (χ2n) is 6.37. The van der Waals surface area contributed by atoms with Crippen molar-refractivity contribution in [1.82, 2.24) is 20.9 Å². The van der Waals surface area contributed by atoms with Crippen molar-refractivity contribution in [3.63, 3.8) is 0 Å². The average Bonchev–Trinajstić information content (AvgIpc) is 2.87. The van der Waals surface area contributed by atoms with E-state index >= 15 is 0 Å². The SMILES string of the molecule is CN=C(NCC(C)(C)C(=O)NC)NC1CCN(CC(F)(F)F)C1. The van der Waals surface area contributed by atoms with Gasteiger partial charge in [-0.15, -0.1) is 0 Å². The zero-order valence-electron chi connectivity index (χ0n) is 14.0. The molecule has 9 heteroatoms. The Morgan fingerprint density at radius 1 is 1.35 bits per heavy atom. The molecule has 1 heterocycles. The van der Waals surface area contributed by atoms with Crippen LogP contribution in [0.5, 0.6) is 0 Å². The Kier molecular flexibility index (Phi) is 6.67. The summed E-state index contributed by atoms with van der Waals surface area (Å²) in [7, 11) is 3.16. The number of nitrogens with zero attached hydrogens (tertiary/aromatic N) is 2. The summed E-state index contributed by atoms with van der Waals surface area (Å²) in [5.74, 6) is 0.388. The Hall–Kier alpha value is -1.51. The van der Waals surface area contributed by atoms with E-state index in [1.165, 1.54) is 4.90 Å². The lowest BCUT2D eigenvalue weighted by Crippen LogP contribution is -2.50. The van der Waals surface area contributed by atoms with Crippen LogP contribution in [0.4, 0.5) is 13.2 Å². The van der Waals surface area contributed by atoms with Crippen LogP contribution in [0, 0.1) is 5.41 Å². The normalized spacial score (nSPS) is 20.5.